The third-order valence-corrected chi connectivity index (χ3v) is 5.92. The molecule has 1 fully saturated rings. The molecule has 1 N–H and O–H groups in total. The predicted molar refractivity (Wildman–Crippen MR) is 111 cm³/mol. The fourth-order valence-corrected chi connectivity index (χ4v) is 4.54. The Morgan fingerprint density at radius 1 is 1.11 bits per heavy atom. The second-order valence-corrected chi connectivity index (χ2v) is 7.82. The molecule has 0 spiro atoms. The van der Waals surface area contributed by atoms with Gasteiger partial charge < -0.3 is 9.84 Å². The molecule has 2 heterocycles. The molecule has 0 amide bonds. The first-order chi connectivity index (χ1) is 13.7. The van der Waals surface area contributed by atoms with Crippen molar-refractivity contribution in [2.24, 2.45) is 0 Å². The molecule has 1 aliphatic heterocycles. The van der Waals surface area contributed by atoms with Gasteiger partial charge in [0, 0.05) is 6.54 Å². The van der Waals surface area contributed by atoms with Crippen molar-refractivity contribution in [3.05, 3.63) is 88.1 Å². The SMILES string of the molecule is O=C(O)C1CCCN1C(c1ccc(OCc2ccccc2)cc1)c1ccsc1. The third-order valence-electron chi connectivity index (χ3n) is 5.21. The number of nitrogens with zero attached hydrogens (tertiary/aromatic N) is 1. The lowest BCUT2D eigenvalue weighted by molar-refractivity contribution is -0.142. The van der Waals surface area contributed by atoms with E-state index in [1.165, 1.54) is 0 Å². The average molecular weight is 394 g/mol. The van der Waals surface area contributed by atoms with Gasteiger partial charge in [0.2, 0.25) is 0 Å². The van der Waals surface area contributed by atoms with Crippen LogP contribution in [-0.4, -0.2) is 28.6 Å². The smallest absolute Gasteiger partial charge is 0.320 e. The molecule has 1 aliphatic rings. The van der Waals surface area contributed by atoms with Gasteiger partial charge in [-0.1, -0.05) is 42.5 Å². The number of thiophene rings is 1. The molecule has 1 saturated heterocycles. The summed E-state index contributed by atoms with van der Waals surface area (Å²) in [6.07, 6.45) is 1.62. The molecule has 1 aromatic heterocycles. The zero-order chi connectivity index (χ0) is 19.3. The third kappa shape index (κ3) is 4.11. The van der Waals surface area contributed by atoms with Crippen molar-refractivity contribution >= 4 is 17.3 Å². The fourth-order valence-electron chi connectivity index (χ4n) is 3.86. The van der Waals surface area contributed by atoms with Crippen molar-refractivity contribution in [2.75, 3.05) is 6.54 Å². The van der Waals surface area contributed by atoms with E-state index in [1.807, 2.05) is 47.8 Å². The number of likely N-dealkylation sites (tertiary alicyclic amines) is 1. The number of hydrogen-bond donors (Lipinski definition) is 1. The van der Waals surface area contributed by atoms with Crippen LogP contribution in [0.1, 0.15) is 35.6 Å². The molecule has 0 bridgehead atoms. The van der Waals surface area contributed by atoms with Crippen molar-refractivity contribution in [2.45, 2.75) is 31.5 Å². The topological polar surface area (TPSA) is 49.8 Å². The van der Waals surface area contributed by atoms with Crippen LogP contribution in [0.2, 0.25) is 0 Å². The van der Waals surface area contributed by atoms with Crippen molar-refractivity contribution < 1.29 is 14.6 Å². The minimum Gasteiger partial charge on any atom is -0.489 e. The van der Waals surface area contributed by atoms with Gasteiger partial charge in [-0.3, -0.25) is 9.69 Å². The van der Waals surface area contributed by atoms with Crippen LogP contribution >= 0.6 is 11.3 Å². The van der Waals surface area contributed by atoms with E-state index in [1.54, 1.807) is 11.3 Å². The summed E-state index contributed by atoms with van der Waals surface area (Å²) in [6.45, 7) is 1.32. The molecule has 144 valence electrons. The van der Waals surface area contributed by atoms with Crippen molar-refractivity contribution in [3.63, 3.8) is 0 Å². The Balaban J connectivity index is 1.54. The summed E-state index contributed by atoms with van der Waals surface area (Å²) in [5, 5.41) is 13.8. The summed E-state index contributed by atoms with van der Waals surface area (Å²) >= 11 is 1.64. The lowest BCUT2D eigenvalue weighted by Gasteiger charge is -2.31. The molecule has 0 radical (unpaired) electrons. The van der Waals surface area contributed by atoms with Crippen LogP contribution in [-0.2, 0) is 11.4 Å². The minimum absolute atomic E-state index is 0.0435. The molecule has 28 heavy (non-hydrogen) atoms. The van der Waals surface area contributed by atoms with E-state index in [4.69, 9.17) is 4.74 Å². The predicted octanol–water partition coefficient (Wildman–Crippen LogP) is 4.97. The zero-order valence-corrected chi connectivity index (χ0v) is 16.3. The molecule has 0 saturated carbocycles. The maximum Gasteiger partial charge on any atom is 0.320 e. The molecule has 2 aromatic carbocycles. The monoisotopic (exact) mass is 393 g/mol. The number of aliphatic carboxylic acids is 1. The van der Waals surface area contributed by atoms with Gasteiger partial charge in [-0.15, -0.1) is 0 Å². The van der Waals surface area contributed by atoms with Crippen LogP contribution in [0, 0.1) is 0 Å². The highest BCUT2D eigenvalue weighted by Gasteiger charge is 2.36. The maximum absolute atomic E-state index is 11.7. The van der Waals surface area contributed by atoms with E-state index in [0.29, 0.717) is 13.0 Å². The first kappa shape index (κ1) is 18.7. The second-order valence-electron chi connectivity index (χ2n) is 7.04. The lowest BCUT2D eigenvalue weighted by atomic mass is 9.98. The summed E-state index contributed by atoms with van der Waals surface area (Å²) in [6, 6.07) is 19.8. The number of hydrogen-bond acceptors (Lipinski definition) is 4. The van der Waals surface area contributed by atoms with E-state index in [0.717, 1.165) is 35.4 Å². The highest BCUT2D eigenvalue weighted by atomic mass is 32.1. The number of rotatable bonds is 7. The van der Waals surface area contributed by atoms with E-state index in [9.17, 15) is 9.90 Å². The van der Waals surface area contributed by atoms with Crippen molar-refractivity contribution in [1.82, 2.24) is 4.90 Å². The summed E-state index contributed by atoms with van der Waals surface area (Å²) in [7, 11) is 0. The van der Waals surface area contributed by atoms with Crippen molar-refractivity contribution in [3.8, 4) is 5.75 Å². The van der Waals surface area contributed by atoms with Crippen LogP contribution < -0.4 is 4.74 Å². The molecule has 0 aliphatic carbocycles. The van der Waals surface area contributed by atoms with Crippen LogP contribution in [0.5, 0.6) is 5.75 Å². The summed E-state index contributed by atoms with van der Waals surface area (Å²) < 4.78 is 5.90. The Morgan fingerprint density at radius 3 is 2.57 bits per heavy atom. The van der Waals surface area contributed by atoms with Gasteiger partial charge >= 0.3 is 5.97 Å². The highest BCUT2D eigenvalue weighted by molar-refractivity contribution is 7.08. The number of ether oxygens (including phenoxy) is 1. The van der Waals surface area contributed by atoms with Gasteiger partial charge in [0.05, 0.1) is 6.04 Å². The number of carboxylic acids is 1. The van der Waals surface area contributed by atoms with Gasteiger partial charge in [0.15, 0.2) is 0 Å². The summed E-state index contributed by atoms with van der Waals surface area (Å²) in [4.78, 5) is 13.8. The Bertz CT molecular complexity index is 893. The molecule has 4 rings (SSSR count). The maximum atomic E-state index is 11.7. The van der Waals surface area contributed by atoms with Crippen LogP contribution in [0.25, 0.3) is 0 Å². The van der Waals surface area contributed by atoms with Crippen LogP contribution in [0.4, 0.5) is 0 Å². The first-order valence-electron chi connectivity index (χ1n) is 9.50. The average Bonchev–Trinajstić information content (AvgIpc) is 3.41. The van der Waals surface area contributed by atoms with E-state index < -0.39 is 12.0 Å². The fraction of sp³-hybridized carbons (Fsp3) is 0.261. The Kier molecular flexibility index (Phi) is 5.74. The minimum atomic E-state index is -0.736. The van der Waals surface area contributed by atoms with Gasteiger partial charge in [0.25, 0.3) is 0 Å². The Labute approximate surface area is 169 Å². The zero-order valence-electron chi connectivity index (χ0n) is 15.5. The number of carboxylic acid groups (broad SMARTS) is 1. The van der Waals surface area contributed by atoms with Crippen LogP contribution in [0.15, 0.2) is 71.4 Å². The van der Waals surface area contributed by atoms with Gasteiger partial charge in [-0.25, -0.2) is 0 Å². The first-order valence-corrected chi connectivity index (χ1v) is 10.4. The Hall–Kier alpha value is -2.63. The summed E-state index contributed by atoms with van der Waals surface area (Å²) in [5.74, 6) is 0.0772. The number of carbonyl (C=O) groups is 1. The lowest BCUT2D eigenvalue weighted by Crippen LogP contribution is -2.39. The van der Waals surface area contributed by atoms with Gasteiger partial charge in [-0.05, 0) is 58.5 Å². The largest absolute Gasteiger partial charge is 0.489 e. The van der Waals surface area contributed by atoms with Gasteiger partial charge in [-0.2, -0.15) is 11.3 Å². The normalized spacial score (nSPS) is 18.1. The van der Waals surface area contributed by atoms with Gasteiger partial charge in [0.1, 0.15) is 18.4 Å². The molecular formula is C23H23NO3S. The van der Waals surface area contributed by atoms with E-state index in [2.05, 4.69) is 28.5 Å². The van der Waals surface area contributed by atoms with Crippen molar-refractivity contribution in [1.29, 1.82) is 0 Å². The van der Waals surface area contributed by atoms with Crippen LogP contribution in [0.3, 0.4) is 0 Å². The Morgan fingerprint density at radius 2 is 1.89 bits per heavy atom. The van der Waals surface area contributed by atoms with E-state index >= 15 is 0 Å². The van der Waals surface area contributed by atoms with E-state index in [-0.39, 0.29) is 6.04 Å². The molecular weight excluding hydrogens is 370 g/mol. The number of benzene rings is 2. The quantitative estimate of drug-likeness (QED) is 0.616. The molecule has 5 heteroatoms. The molecule has 2 unspecified atom stereocenters. The molecule has 3 aromatic rings. The molecule has 4 nitrogen and oxygen atoms in total. The highest BCUT2D eigenvalue weighted by Crippen LogP contribution is 2.36. The standard InChI is InChI=1S/C23H23NO3S/c25-23(26)21-7-4-13-24(21)22(19-12-14-28-16-19)18-8-10-20(11-9-18)27-15-17-5-2-1-3-6-17/h1-3,5-6,8-12,14,16,21-22H,4,7,13,15H2,(H,25,26). The summed E-state index contributed by atoms with van der Waals surface area (Å²) in [5.41, 5.74) is 3.37. The molecule has 2 atom stereocenters. The second kappa shape index (κ2) is 8.59.